The molecule has 0 fully saturated rings. The van der Waals surface area contributed by atoms with E-state index in [1.165, 1.54) is 21.3 Å². The summed E-state index contributed by atoms with van der Waals surface area (Å²) in [6.45, 7) is 0. The minimum atomic E-state index is -0.521. The lowest BCUT2D eigenvalue weighted by atomic mass is 10.1. The van der Waals surface area contributed by atoms with E-state index in [0.717, 1.165) is 12.0 Å². The number of rotatable bonds is 8. The van der Waals surface area contributed by atoms with Gasteiger partial charge in [-0.25, -0.2) is 0 Å². The number of methoxy groups -OCH3 is 3. The molecule has 0 aliphatic carbocycles. The number of aryl methyl sites for hydroxylation is 2. The molecular formula is C20H21N3O5. The molecule has 0 saturated carbocycles. The number of hydrogen-bond acceptors (Lipinski definition) is 7. The molecule has 8 heteroatoms. The van der Waals surface area contributed by atoms with Crippen molar-refractivity contribution in [1.29, 1.82) is 0 Å². The Kier molecular flexibility index (Phi) is 6.11. The Hall–Kier alpha value is -3.55. The van der Waals surface area contributed by atoms with Gasteiger partial charge < -0.3 is 23.9 Å². The fourth-order valence-electron chi connectivity index (χ4n) is 2.68. The average Bonchev–Trinajstić information content (AvgIpc) is 3.21. The van der Waals surface area contributed by atoms with Crippen LogP contribution in [0.15, 0.2) is 46.9 Å². The molecule has 0 saturated heterocycles. The molecule has 1 heterocycles. The maximum absolute atomic E-state index is 12.4. The van der Waals surface area contributed by atoms with E-state index in [4.69, 9.17) is 18.6 Å². The molecule has 2 aromatic carbocycles. The lowest BCUT2D eigenvalue weighted by molar-refractivity contribution is 0.0988. The Bertz CT molecular complexity index is 915. The maximum Gasteiger partial charge on any atom is 0.313 e. The zero-order chi connectivity index (χ0) is 19.9. The highest BCUT2D eigenvalue weighted by atomic mass is 16.5. The lowest BCUT2D eigenvalue weighted by Crippen LogP contribution is -2.12. The van der Waals surface area contributed by atoms with Gasteiger partial charge in [0.2, 0.25) is 11.6 Å². The van der Waals surface area contributed by atoms with Crippen molar-refractivity contribution in [2.75, 3.05) is 26.6 Å². The van der Waals surface area contributed by atoms with Crippen LogP contribution in [-0.4, -0.2) is 37.4 Å². The van der Waals surface area contributed by atoms with E-state index < -0.39 is 5.91 Å². The number of aromatic nitrogens is 2. The standard InChI is InChI=1S/C20H21N3O5/c1-25-15-11-14(12-16(26-2)18(15)27-3)21-19(24)20-23-22-17(28-20)10-9-13-7-5-4-6-8-13/h4-8,11-12H,9-10H2,1-3H3,(H,21,24). The van der Waals surface area contributed by atoms with Gasteiger partial charge in [-0.3, -0.25) is 4.79 Å². The summed E-state index contributed by atoms with van der Waals surface area (Å²) in [4.78, 5) is 12.4. The molecule has 0 spiro atoms. The molecular weight excluding hydrogens is 362 g/mol. The van der Waals surface area contributed by atoms with Crippen LogP contribution in [0.3, 0.4) is 0 Å². The Morgan fingerprint density at radius 1 is 0.964 bits per heavy atom. The number of benzene rings is 2. The molecule has 1 N–H and O–H groups in total. The van der Waals surface area contributed by atoms with Crippen LogP contribution < -0.4 is 19.5 Å². The molecule has 0 aliphatic heterocycles. The summed E-state index contributed by atoms with van der Waals surface area (Å²) in [5, 5.41) is 10.5. The van der Waals surface area contributed by atoms with E-state index in [9.17, 15) is 4.79 Å². The second-order valence-corrected chi connectivity index (χ2v) is 5.85. The van der Waals surface area contributed by atoms with Crippen LogP contribution in [0, 0.1) is 0 Å². The Morgan fingerprint density at radius 3 is 2.25 bits per heavy atom. The smallest absolute Gasteiger partial charge is 0.313 e. The predicted octanol–water partition coefficient (Wildman–Crippen LogP) is 3.13. The first-order valence-electron chi connectivity index (χ1n) is 8.62. The molecule has 28 heavy (non-hydrogen) atoms. The minimum absolute atomic E-state index is 0.114. The number of nitrogens with zero attached hydrogens (tertiary/aromatic N) is 2. The fraction of sp³-hybridized carbons (Fsp3) is 0.250. The monoisotopic (exact) mass is 383 g/mol. The summed E-state index contributed by atoms with van der Waals surface area (Å²) < 4.78 is 21.3. The Balaban J connectivity index is 1.69. The average molecular weight is 383 g/mol. The van der Waals surface area contributed by atoms with Crippen molar-refractivity contribution in [2.45, 2.75) is 12.8 Å². The first kappa shape index (κ1) is 19.2. The number of anilines is 1. The third-order valence-corrected chi connectivity index (χ3v) is 4.05. The molecule has 0 bridgehead atoms. The zero-order valence-electron chi connectivity index (χ0n) is 15.9. The van der Waals surface area contributed by atoms with Crippen molar-refractivity contribution in [3.8, 4) is 17.2 Å². The number of amides is 1. The van der Waals surface area contributed by atoms with Gasteiger partial charge in [-0.15, -0.1) is 10.2 Å². The van der Waals surface area contributed by atoms with E-state index in [-0.39, 0.29) is 5.89 Å². The molecule has 0 atom stereocenters. The highest BCUT2D eigenvalue weighted by Crippen LogP contribution is 2.39. The van der Waals surface area contributed by atoms with Crippen molar-refractivity contribution >= 4 is 11.6 Å². The molecule has 146 valence electrons. The highest BCUT2D eigenvalue weighted by Gasteiger charge is 2.18. The summed E-state index contributed by atoms with van der Waals surface area (Å²) in [6.07, 6.45) is 1.30. The Labute approximate surface area is 162 Å². The quantitative estimate of drug-likeness (QED) is 0.638. The molecule has 3 rings (SSSR count). The number of hydrogen-bond donors (Lipinski definition) is 1. The van der Waals surface area contributed by atoms with Crippen LogP contribution in [0.5, 0.6) is 17.2 Å². The van der Waals surface area contributed by atoms with Crippen LogP contribution >= 0.6 is 0 Å². The summed E-state index contributed by atoms with van der Waals surface area (Å²) in [5.74, 6) is 1.05. The van der Waals surface area contributed by atoms with Gasteiger partial charge in [0.15, 0.2) is 11.5 Å². The van der Waals surface area contributed by atoms with Crippen molar-refractivity contribution < 1.29 is 23.4 Å². The molecule has 0 unspecified atom stereocenters. The van der Waals surface area contributed by atoms with E-state index in [0.29, 0.717) is 35.2 Å². The third kappa shape index (κ3) is 4.40. The van der Waals surface area contributed by atoms with Gasteiger partial charge in [0.05, 0.1) is 21.3 Å². The first-order valence-corrected chi connectivity index (χ1v) is 8.62. The SMILES string of the molecule is COc1cc(NC(=O)c2nnc(CCc3ccccc3)o2)cc(OC)c1OC. The molecule has 3 aromatic rings. The van der Waals surface area contributed by atoms with Crippen LogP contribution in [0.1, 0.15) is 22.1 Å². The summed E-state index contributed by atoms with van der Waals surface area (Å²) in [7, 11) is 4.51. The van der Waals surface area contributed by atoms with E-state index >= 15 is 0 Å². The van der Waals surface area contributed by atoms with Crippen molar-refractivity contribution in [3.05, 3.63) is 59.8 Å². The van der Waals surface area contributed by atoms with Crippen LogP contribution in [0.2, 0.25) is 0 Å². The molecule has 1 aromatic heterocycles. The predicted molar refractivity (Wildman–Crippen MR) is 102 cm³/mol. The number of ether oxygens (including phenoxy) is 3. The molecule has 1 amide bonds. The van der Waals surface area contributed by atoms with Crippen LogP contribution in [-0.2, 0) is 12.8 Å². The third-order valence-electron chi connectivity index (χ3n) is 4.05. The van der Waals surface area contributed by atoms with Gasteiger partial charge in [-0.2, -0.15) is 0 Å². The number of carbonyl (C=O) groups excluding carboxylic acids is 1. The minimum Gasteiger partial charge on any atom is -0.493 e. The number of nitrogens with one attached hydrogen (secondary N) is 1. The van der Waals surface area contributed by atoms with Gasteiger partial charge in [0.1, 0.15) is 0 Å². The van der Waals surface area contributed by atoms with Gasteiger partial charge in [0, 0.05) is 24.2 Å². The van der Waals surface area contributed by atoms with Gasteiger partial charge in [-0.05, 0) is 12.0 Å². The normalized spacial score (nSPS) is 10.4. The van der Waals surface area contributed by atoms with E-state index in [1.54, 1.807) is 12.1 Å². The van der Waals surface area contributed by atoms with Crippen molar-refractivity contribution in [3.63, 3.8) is 0 Å². The van der Waals surface area contributed by atoms with Crippen molar-refractivity contribution in [2.24, 2.45) is 0 Å². The topological polar surface area (TPSA) is 95.7 Å². The summed E-state index contributed by atoms with van der Waals surface area (Å²) in [6, 6.07) is 13.2. The molecule has 8 nitrogen and oxygen atoms in total. The Morgan fingerprint density at radius 2 is 1.64 bits per heavy atom. The molecule has 0 aliphatic rings. The lowest BCUT2D eigenvalue weighted by Gasteiger charge is -2.14. The van der Waals surface area contributed by atoms with Gasteiger partial charge >= 0.3 is 11.8 Å². The van der Waals surface area contributed by atoms with E-state index in [1.807, 2.05) is 30.3 Å². The number of carbonyl (C=O) groups is 1. The summed E-state index contributed by atoms with van der Waals surface area (Å²) >= 11 is 0. The first-order chi connectivity index (χ1) is 13.6. The second kappa shape index (κ2) is 8.90. The highest BCUT2D eigenvalue weighted by molar-refractivity contribution is 6.01. The second-order valence-electron chi connectivity index (χ2n) is 5.85. The molecule has 0 radical (unpaired) electrons. The maximum atomic E-state index is 12.4. The van der Waals surface area contributed by atoms with Gasteiger partial charge in [-0.1, -0.05) is 30.3 Å². The zero-order valence-corrected chi connectivity index (χ0v) is 15.9. The largest absolute Gasteiger partial charge is 0.493 e. The van der Waals surface area contributed by atoms with Crippen LogP contribution in [0.25, 0.3) is 0 Å². The van der Waals surface area contributed by atoms with E-state index in [2.05, 4.69) is 15.5 Å². The fourth-order valence-corrected chi connectivity index (χ4v) is 2.68. The van der Waals surface area contributed by atoms with Crippen LogP contribution in [0.4, 0.5) is 5.69 Å². The van der Waals surface area contributed by atoms with Crippen molar-refractivity contribution in [1.82, 2.24) is 10.2 Å². The van der Waals surface area contributed by atoms with Gasteiger partial charge in [0.25, 0.3) is 0 Å². The summed E-state index contributed by atoms with van der Waals surface area (Å²) in [5.41, 5.74) is 1.60.